The molecule has 0 aromatic carbocycles. The van der Waals surface area contributed by atoms with E-state index in [0.29, 0.717) is 0 Å². The second-order valence-corrected chi connectivity index (χ2v) is 0. The molecular formula is Bi3N10Sr3Ta3. The van der Waals surface area contributed by atoms with Crippen LogP contribution in [0.15, 0.2) is 0 Å². The topological polar surface area (TPSA) is 305 Å². The minimum absolute atomic E-state index is 0. The standard InChI is InChI=1S/3Bi.10N.3Sr.3Ta/q3*+3;10*-3;3*+2;3*+5. The third kappa shape index (κ3) is 210. The first-order chi connectivity index (χ1) is 0. The summed E-state index contributed by atoms with van der Waals surface area (Å²) in [5.41, 5.74) is 0. The first-order valence-electron chi connectivity index (χ1n) is 0. The third-order valence-corrected chi connectivity index (χ3v) is 0. The maximum Gasteiger partial charge on any atom is 5.00 e. The van der Waals surface area contributed by atoms with Crippen LogP contribution < -0.4 is 0 Å². The van der Waals surface area contributed by atoms with Gasteiger partial charge in [-0.3, -0.25) is 0 Å². The fourth-order valence-corrected chi connectivity index (χ4v) is 0. The molecule has 86 valence electrons. The molecule has 10 nitrogen and oxygen atoms in total. The molecule has 0 atom stereocenters. The van der Waals surface area contributed by atoms with Gasteiger partial charge in [-0.15, -0.1) is 0 Å². The van der Waals surface area contributed by atoms with E-state index in [2.05, 4.69) is 0 Å². The van der Waals surface area contributed by atoms with Crippen LogP contribution in [0.25, 0.3) is 61.5 Å². The smallest absolute Gasteiger partial charge is 3.00 e. The van der Waals surface area contributed by atoms with E-state index in [9.17, 15) is 0 Å². The molecule has 0 rings (SSSR count). The second kappa shape index (κ2) is 228. The van der Waals surface area contributed by atoms with Crippen molar-refractivity contribution in [2.75, 3.05) is 0 Å². The van der Waals surface area contributed by atoms with Crippen molar-refractivity contribution in [3.63, 3.8) is 0 Å². The van der Waals surface area contributed by atoms with Crippen molar-refractivity contribution >= 4 is 215 Å². The van der Waals surface area contributed by atoms with Crippen LogP contribution in [0.3, 0.4) is 0 Å². The summed E-state index contributed by atoms with van der Waals surface area (Å²) in [6.07, 6.45) is 0. The molecule has 0 aliphatic rings. The predicted octanol–water partition coefficient (Wildman–Crippen LogP) is 0.595. The van der Waals surface area contributed by atoms with E-state index in [4.69, 9.17) is 0 Å². The van der Waals surface area contributed by atoms with Crippen molar-refractivity contribution in [3.05, 3.63) is 61.5 Å². The van der Waals surface area contributed by atoms with Crippen molar-refractivity contribution < 1.29 is 67.1 Å². The molecule has 0 saturated carbocycles. The van der Waals surface area contributed by atoms with Gasteiger partial charge in [-0.25, -0.2) is 0 Å². The van der Waals surface area contributed by atoms with Crippen molar-refractivity contribution in [1.29, 1.82) is 0 Å². The van der Waals surface area contributed by atoms with Gasteiger partial charge in [0.2, 0.25) is 0 Å². The molecule has 0 fully saturated rings. The normalized spacial score (nSPS) is 0. The summed E-state index contributed by atoms with van der Waals surface area (Å²) in [5.74, 6) is 0. The Hall–Kier alpha value is 8.91. The van der Waals surface area contributed by atoms with Crippen LogP contribution in [-0.2, 0) is 67.1 Å². The van der Waals surface area contributed by atoms with E-state index < -0.39 is 0 Å². The summed E-state index contributed by atoms with van der Waals surface area (Å²) in [5, 5.41) is 0. The van der Waals surface area contributed by atoms with E-state index in [1.54, 1.807) is 0 Å². The van der Waals surface area contributed by atoms with E-state index in [1.165, 1.54) is 0 Å². The molecule has 0 N–H and O–H groups in total. The minimum Gasteiger partial charge on any atom is -3.00 e. The molecule has 0 aliphatic carbocycles. The summed E-state index contributed by atoms with van der Waals surface area (Å²) in [6, 6.07) is 0. The Morgan fingerprint density at radius 3 is 0.211 bits per heavy atom. The molecule has 0 unspecified atom stereocenters. The first-order valence-corrected chi connectivity index (χ1v) is 0. The van der Waals surface area contributed by atoms with Crippen molar-refractivity contribution in [3.8, 4) is 0 Å². The summed E-state index contributed by atoms with van der Waals surface area (Å²) < 4.78 is 0. The number of hydrogen-bond donors (Lipinski definition) is 0. The molecule has 0 heterocycles. The summed E-state index contributed by atoms with van der Waals surface area (Å²) >= 11 is 0. The van der Waals surface area contributed by atoms with Gasteiger partial charge in [0.25, 0.3) is 0 Å². The molecule has 6 radical (unpaired) electrons. The molecule has 19 heteroatoms. The monoisotopic (exact) mass is 1570 g/mol. The summed E-state index contributed by atoms with van der Waals surface area (Å²) in [6.45, 7) is 0. The maximum atomic E-state index is 0. The Morgan fingerprint density at radius 2 is 0.211 bits per heavy atom. The van der Waals surface area contributed by atoms with Gasteiger partial charge in [0.1, 0.15) is 0 Å². The average Bonchev–Trinajstić information content (AvgIpc) is 0. The Balaban J connectivity index is 0. The fraction of sp³-hybridized carbons (Fsp3) is 0. The van der Waals surface area contributed by atoms with Gasteiger partial charge in [-0.05, 0) is 0 Å². The van der Waals surface area contributed by atoms with Crippen LogP contribution in [0.1, 0.15) is 0 Å². The van der Waals surface area contributed by atoms with Crippen molar-refractivity contribution in [2.45, 2.75) is 0 Å². The molecule has 0 saturated heterocycles. The number of rotatable bonds is 0. The van der Waals surface area contributed by atoms with E-state index in [-0.39, 0.29) is 344 Å². The number of nitrogens with zero attached hydrogens (tertiary/aromatic N) is 10. The predicted molar refractivity (Wildman–Crippen MR) is 68.1 cm³/mol. The van der Waals surface area contributed by atoms with Crippen molar-refractivity contribution in [1.82, 2.24) is 0 Å². The minimum atomic E-state index is 0. The van der Waals surface area contributed by atoms with Crippen molar-refractivity contribution in [2.24, 2.45) is 0 Å². The fourth-order valence-electron chi connectivity index (χ4n) is 0. The molecule has 0 spiro atoms. The van der Waals surface area contributed by atoms with Gasteiger partial charge in [0.15, 0.2) is 0 Å². The third-order valence-electron chi connectivity index (χ3n) is 0. The van der Waals surface area contributed by atoms with Crippen LogP contribution in [0.2, 0.25) is 0 Å². The molecule has 0 aromatic heterocycles. The zero-order chi connectivity index (χ0) is 0. The van der Waals surface area contributed by atoms with Gasteiger partial charge >= 0.3 is 282 Å². The van der Waals surface area contributed by atoms with Gasteiger partial charge < -0.3 is 61.5 Å². The first kappa shape index (κ1) is 255. The number of hydrogen-bond acceptors (Lipinski definition) is 0. The van der Waals surface area contributed by atoms with E-state index >= 15 is 0 Å². The van der Waals surface area contributed by atoms with E-state index in [0.717, 1.165) is 0 Å². The van der Waals surface area contributed by atoms with Gasteiger partial charge in [0.05, 0.1) is 0 Å². The summed E-state index contributed by atoms with van der Waals surface area (Å²) in [7, 11) is 0. The quantitative estimate of drug-likeness (QED) is 0.301. The largest absolute Gasteiger partial charge is 5.00 e. The summed E-state index contributed by atoms with van der Waals surface area (Å²) in [4.78, 5) is 0. The van der Waals surface area contributed by atoms with Crippen LogP contribution in [0.5, 0.6) is 0 Å². The van der Waals surface area contributed by atoms with Gasteiger partial charge in [0, 0.05) is 0 Å². The molecular weight excluding hydrogens is 1570 g/mol. The van der Waals surface area contributed by atoms with Gasteiger partial charge in [-0.2, -0.15) is 0 Å². The molecule has 0 bridgehead atoms. The Morgan fingerprint density at radius 1 is 0.211 bits per heavy atom. The van der Waals surface area contributed by atoms with E-state index in [1.807, 2.05) is 0 Å². The SMILES string of the molecule is [Bi+3].[Bi+3].[Bi+3].[N-3].[N-3].[N-3].[N-3].[N-3].[N-3].[N-3].[N-3].[N-3].[N-3].[Sr+2].[Sr+2].[Sr+2].[Ta+5].[Ta+5].[Ta+5]. The second-order valence-electron chi connectivity index (χ2n) is 0. The van der Waals surface area contributed by atoms with Crippen LogP contribution >= 0.6 is 0 Å². The van der Waals surface area contributed by atoms with Crippen LogP contribution in [0, 0.1) is 0 Å². The average molecular weight is 1570 g/mol. The Labute approximate surface area is 334 Å². The van der Waals surface area contributed by atoms with Crippen LogP contribution in [0.4, 0.5) is 0 Å². The molecule has 0 aromatic rings. The maximum absolute atomic E-state index is 0. The van der Waals surface area contributed by atoms with Crippen LogP contribution in [-0.4, -0.2) is 215 Å². The van der Waals surface area contributed by atoms with Gasteiger partial charge in [-0.1, -0.05) is 0 Å². The molecule has 0 aliphatic heterocycles. The molecule has 0 amide bonds. The Kier molecular flexibility index (Phi) is 3050. The molecule has 19 heavy (non-hydrogen) atoms. The zero-order valence-electron chi connectivity index (χ0n) is 9.28. The Bertz CT molecular complexity index is 33.2. The zero-order valence-corrected chi connectivity index (χ0v) is 39.8.